The van der Waals surface area contributed by atoms with Crippen molar-refractivity contribution in [2.45, 2.75) is 32.0 Å². The number of carboxylic acid groups (broad SMARTS) is 2. The molecule has 0 spiro atoms. The SMILES string of the molecule is CCN(CC(F)(F)F)C(=O)NC(CCC(=O)O)C(=O)O. The number of amides is 2. The molecule has 0 saturated carbocycles. The summed E-state index contributed by atoms with van der Waals surface area (Å²) in [5.41, 5.74) is 0. The second kappa shape index (κ2) is 7.56. The molecule has 1 unspecified atom stereocenters. The summed E-state index contributed by atoms with van der Waals surface area (Å²) >= 11 is 0. The van der Waals surface area contributed by atoms with Gasteiger partial charge in [0.15, 0.2) is 0 Å². The highest BCUT2D eigenvalue weighted by Gasteiger charge is 2.33. The van der Waals surface area contributed by atoms with Gasteiger partial charge >= 0.3 is 24.1 Å². The number of carbonyl (C=O) groups is 3. The maximum atomic E-state index is 12.2. The number of carboxylic acids is 2. The fourth-order valence-electron chi connectivity index (χ4n) is 1.31. The minimum Gasteiger partial charge on any atom is -0.481 e. The number of hydrogen-bond acceptors (Lipinski definition) is 3. The van der Waals surface area contributed by atoms with Crippen molar-refractivity contribution < 1.29 is 37.8 Å². The summed E-state index contributed by atoms with van der Waals surface area (Å²) in [4.78, 5) is 33.0. The molecule has 0 aliphatic rings. The van der Waals surface area contributed by atoms with Crippen molar-refractivity contribution >= 4 is 18.0 Å². The Hall–Kier alpha value is -2.00. The van der Waals surface area contributed by atoms with Crippen LogP contribution in [0.3, 0.4) is 0 Å². The van der Waals surface area contributed by atoms with Crippen molar-refractivity contribution in [3.05, 3.63) is 0 Å². The van der Waals surface area contributed by atoms with E-state index in [1.54, 1.807) is 0 Å². The lowest BCUT2D eigenvalue weighted by Gasteiger charge is -2.24. The molecule has 1 atom stereocenters. The zero-order valence-corrected chi connectivity index (χ0v) is 10.6. The fourth-order valence-corrected chi connectivity index (χ4v) is 1.31. The first-order valence-corrected chi connectivity index (χ1v) is 5.63. The van der Waals surface area contributed by atoms with Gasteiger partial charge in [-0.2, -0.15) is 13.2 Å². The summed E-state index contributed by atoms with van der Waals surface area (Å²) in [7, 11) is 0. The maximum Gasteiger partial charge on any atom is 0.406 e. The number of nitrogens with one attached hydrogen (secondary N) is 1. The molecule has 0 fully saturated rings. The van der Waals surface area contributed by atoms with Gasteiger partial charge in [-0.1, -0.05) is 0 Å². The molecule has 0 aromatic carbocycles. The molecule has 0 saturated heterocycles. The smallest absolute Gasteiger partial charge is 0.406 e. The Morgan fingerprint density at radius 3 is 2.15 bits per heavy atom. The third-order valence-electron chi connectivity index (χ3n) is 2.28. The van der Waals surface area contributed by atoms with Crippen molar-refractivity contribution in [2.75, 3.05) is 13.1 Å². The first kappa shape index (κ1) is 18.0. The van der Waals surface area contributed by atoms with Gasteiger partial charge in [-0.15, -0.1) is 0 Å². The third kappa shape index (κ3) is 7.44. The molecule has 0 radical (unpaired) electrons. The Balaban J connectivity index is 4.64. The summed E-state index contributed by atoms with van der Waals surface area (Å²) in [5, 5.41) is 19.1. The van der Waals surface area contributed by atoms with E-state index in [2.05, 4.69) is 0 Å². The average Bonchev–Trinajstić information content (AvgIpc) is 2.29. The molecular formula is C10H15F3N2O5. The molecule has 0 aromatic heterocycles. The largest absolute Gasteiger partial charge is 0.481 e. The van der Waals surface area contributed by atoms with Crippen LogP contribution in [0.5, 0.6) is 0 Å². The van der Waals surface area contributed by atoms with Crippen LogP contribution in [0.2, 0.25) is 0 Å². The number of urea groups is 1. The average molecular weight is 300 g/mol. The van der Waals surface area contributed by atoms with Crippen molar-refractivity contribution in [3.63, 3.8) is 0 Å². The molecule has 116 valence electrons. The maximum absolute atomic E-state index is 12.2. The molecule has 0 bridgehead atoms. The Bertz CT molecular complexity index is 372. The van der Waals surface area contributed by atoms with Crippen LogP contribution in [-0.2, 0) is 9.59 Å². The normalized spacial score (nSPS) is 12.6. The summed E-state index contributed by atoms with van der Waals surface area (Å²) in [6, 6.07) is -2.76. The van der Waals surface area contributed by atoms with E-state index in [0.29, 0.717) is 4.90 Å². The Morgan fingerprint density at radius 1 is 1.25 bits per heavy atom. The van der Waals surface area contributed by atoms with Crippen LogP contribution in [0.1, 0.15) is 19.8 Å². The molecule has 0 rings (SSSR count). The van der Waals surface area contributed by atoms with Crippen molar-refractivity contribution in [1.29, 1.82) is 0 Å². The van der Waals surface area contributed by atoms with E-state index in [-0.39, 0.29) is 6.54 Å². The molecule has 10 heteroatoms. The highest BCUT2D eigenvalue weighted by Crippen LogP contribution is 2.16. The molecule has 0 aliphatic carbocycles. The second-order valence-electron chi connectivity index (χ2n) is 3.90. The molecular weight excluding hydrogens is 285 g/mol. The summed E-state index contributed by atoms with van der Waals surface area (Å²) < 4.78 is 36.6. The van der Waals surface area contributed by atoms with Crippen LogP contribution in [0.4, 0.5) is 18.0 Å². The van der Waals surface area contributed by atoms with Gasteiger partial charge in [0.2, 0.25) is 0 Å². The summed E-state index contributed by atoms with van der Waals surface area (Å²) in [6.07, 6.45) is -5.55. The van der Waals surface area contributed by atoms with E-state index in [0.717, 1.165) is 0 Å². The summed E-state index contributed by atoms with van der Waals surface area (Å²) in [6.45, 7) is -0.477. The van der Waals surface area contributed by atoms with Crippen LogP contribution in [0, 0.1) is 0 Å². The van der Waals surface area contributed by atoms with Crippen LogP contribution < -0.4 is 5.32 Å². The first-order valence-electron chi connectivity index (χ1n) is 5.63. The summed E-state index contributed by atoms with van der Waals surface area (Å²) in [5.74, 6) is -2.78. The molecule has 3 N–H and O–H groups in total. The topological polar surface area (TPSA) is 107 Å². The number of rotatable bonds is 7. The van der Waals surface area contributed by atoms with Gasteiger partial charge < -0.3 is 20.4 Å². The lowest BCUT2D eigenvalue weighted by Crippen LogP contribution is -2.50. The predicted molar refractivity (Wildman–Crippen MR) is 60.1 cm³/mol. The minimum absolute atomic E-state index is 0.267. The van der Waals surface area contributed by atoms with Gasteiger partial charge in [0.1, 0.15) is 12.6 Å². The van der Waals surface area contributed by atoms with E-state index in [4.69, 9.17) is 10.2 Å². The van der Waals surface area contributed by atoms with Gasteiger partial charge in [0.05, 0.1) is 0 Å². The van der Waals surface area contributed by atoms with Gasteiger partial charge in [-0.05, 0) is 13.3 Å². The number of alkyl halides is 3. The number of aliphatic carboxylic acids is 2. The van der Waals surface area contributed by atoms with E-state index in [1.165, 1.54) is 6.92 Å². The third-order valence-corrected chi connectivity index (χ3v) is 2.28. The monoisotopic (exact) mass is 300 g/mol. The minimum atomic E-state index is -4.60. The number of hydrogen-bond donors (Lipinski definition) is 3. The second-order valence-corrected chi connectivity index (χ2v) is 3.90. The van der Waals surface area contributed by atoms with Crippen LogP contribution in [0.15, 0.2) is 0 Å². The Labute approximate surface area is 112 Å². The van der Waals surface area contributed by atoms with Gasteiger partial charge in [-0.3, -0.25) is 4.79 Å². The number of carbonyl (C=O) groups excluding carboxylic acids is 1. The van der Waals surface area contributed by atoms with E-state index in [1.807, 2.05) is 5.32 Å². The van der Waals surface area contributed by atoms with E-state index >= 15 is 0 Å². The number of halogens is 3. The zero-order chi connectivity index (χ0) is 15.9. The van der Waals surface area contributed by atoms with Crippen molar-refractivity contribution in [1.82, 2.24) is 10.2 Å². The molecule has 0 aliphatic heterocycles. The van der Waals surface area contributed by atoms with Crippen LogP contribution in [-0.4, -0.2) is 58.4 Å². The van der Waals surface area contributed by atoms with Crippen LogP contribution >= 0.6 is 0 Å². The van der Waals surface area contributed by atoms with Gasteiger partial charge in [0, 0.05) is 13.0 Å². The van der Waals surface area contributed by atoms with E-state index in [9.17, 15) is 27.6 Å². The van der Waals surface area contributed by atoms with E-state index < -0.39 is 49.6 Å². The van der Waals surface area contributed by atoms with Crippen LogP contribution in [0.25, 0.3) is 0 Å². The molecule has 0 heterocycles. The van der Waals surface area contributed by atoms with Crippen molar-refractivity contribution in [2.24, 2.45) is 0 Å². The molecule has 2 amide bonds. The fraction of sp³-hybridized carbons (Fsp3) is 0.700. The van der Waals surface area contributed by atoms with Gasteiger partial charge in [-0.25, -0.2) is 9.59 Å². The molecule has 0 aromatic rings. The van der Waals surface area contributed by atoms with Crippen molar-refractivity contribution in [3.8, 4) is 0 Å². The molecule has 7 nitrogen and oxygen atoms in total. The Morgan fingerprint density at radius 2 is 1.80 bits per heavy atom. The number of nitrogens with zero attached hydrogens (tertiary/aromatic N) is 1. The highest BCUT2D eigenvalue weighted by molar-refractivity contribution is 5.83. The molecule has 20 heavy (non-hydrogen) atoms. The quantitative estimate of drug-likeness (QED) is 0.647. The lowest BCUT2D eigenvalue weighted by molar-refractivity contribution is -0.141. The highest BCUT2D eigenvalue weighted by atomic mass is 19.4. The first-order chi connectivity index (χ1) is 9.06. The standard InChI is InChI=1S/C10H15F3N2O5/c1-2-15(5-10(11,12)13)9(20)14-6(8(18)19)3-4-7(16)17/h6H,2-5H2,1H3,(H,14,20)(H,16,17)(H,18,19). The lowest BCUT2D eigenvalue weighted by atomic mass is 10.1. The van der Waals surface area contributed by atoms with Gasteiger partial charge in [0.25, 0.3) is 0 Å². The zero-order valence-electron chi connectivity index (χ0n) is 10.6. The Kier molecular flexibility index (Phi) is 6.80. The predicted octanol–water partition coefficient (Wildman–Crippen LogP) is 0.898.